The van der Waals surface area contributed by atoms with Crippen LogP contribution in [0.5, 0.6) is 5.75 Å². The summed E-state index contributed by atoms with van der Waals surface area (Å²) < 4.78 is 5.49. The highest BCUT2D eigenvalue weighted by atomic mass is 35.5. The van der Waals surface area contributed by atoms with Crippen LogP contribution in [0.15, 0.2) is 18.2 Å². The van der Waals surface area contributed by atoms with Crippen LogP contribution in [-0.4, -0.2) is 24.5 Å². The Bertz CT molecular complexity index is 580. The molecule has 0 aliphatic carbocycles. The molecule has 0 bridgehead atoms. The normalized spacial score (nSPS) is 16.5. The lowest BCUT2D eigenvalue weighted by Crippen LogP contribution is -2.41. The van der Waals surface area contributed by atoms with Gasteiger partial charge in [0.25, 0.3) is 5.91 Å². The lowest BCUT2D eigenvalue weighted by molar-refractivity contribution is -0.125. The zero-order valence-electron chi connectivity index (χ0n) is 13.6. The molecule has 1 heterocycles. The number of anilines is 2. The van der Waals surface area contributed by atoms with Crippen LogP contribution in [0.4, 0.5) is 11.4 Å². The number of ether oxygens (including phenoxy) is 1. The van der Waals surface area contributed by atoms with Crippen molar-refractivity contribution in [3.8, 4) is 5.75 Å². The van der Waals surface area contributed by atoms with Crippen molar-refractivity contribution < 1.29 is 14.3 Å². The number of benzene rings is 1. The van der Waals surface area contributed by atoms with E-state index in [0.717, 1.165) is 0 Å². The van der Waals surface area contributed by atoms with E-state index in [-0.39, 0.29) is 24.2 Å². The summed E-state index contributed by atoms with van der Waals surface area (Å²) in [6, 6.07) is 5.19. The molecular formula is C16H24ClN3O3. The lowest BCUT2D eigenvalue weighted by atomic mass is 9.81. The second kappa shape index (κ2) is 7.66. The number of nitrogens with two attached hydrogens (primary N) is 1. The molecule has 23 heavy (non-hydrogen) atoms. The summed E-state index contributed by atoms with van der Waals surface area (Å²) in [6.45, 7) is 5.90. The van der Waals surface area contributed by atoms with E-state index in [9.17, 15) is 9.59 Å². The summed E-state index contributed by atoms with van der Waals surface area (Å²) in [5, 5.41) is 5.65. The van der Waals surface area contributed by atoms with Gasteiger partial charge in [-0.05, 0) is 38.0 Å². The van der Waals surface area contributed by atoms with Gasteiger partial charge in [-0.2, -0.15) is 0 Å². The van der Waals surface area contributed by atoms with Crippen molar-refractivity contribution >= 4 is 35.6 Å². The second-order valence-corrected chi connectivity index (χ2v) is 5.61. The highest BCUT2D eigenvalue weighted by molar-refractivity contribution is 6.00. The Morgan fingerprint density at radius 2 is 2.04 bits per heavy atom. The smallest absolute Gasteiger partial charge is 0.265 e. The largest absolute Gasteiger partial charge is 0.479 e. The number of hydrogen-bond acceptors (Lipinski definition) is 4. The number of carbonyl (C=O) groups is 2. The van der Waals surface area contributed by atoms with Crippen LogP contribution in [0, 0.1) is 5.41 Å². The van der Waals surface area contributed by atoms with Crippen LogP contribution in [0.2, 0.25) is 0 Å². The molecule has 128 valence electrons. The fraction of sp³-hybridized carbons (Fsp3) is 0.500. The third-order valence-electron chi connectivity index (χ3n) is 4.39. The molecule has 6 nitrogen and oxygen atoms in total. The number of rotatable bonds is 5. The molecule has 0 saturated heterocycles. The molecule has 4 N–H and O–H groups in total. The number of halogens is 1. The molecule has 2 rings (SSSR count). The fourth-order valence-electron chi connectivity index (χ4n) is 2.50. The Morgan fingerprint density at radius 3 is 2.61 bits per heavy atom. The molecule has 0 radical (unpaired) electrons. The highest BCUT2D eigenvalue weighted by Crippen LogP contribution is 2.33. The molecule has 0 fully saturated rings. The topological polar surface area (TPSA) is 93.5 Å². The summed E-state index contributed by atoms with van der Waals surface area (Å²) in [6.07, 6.45) is 0.834. The van der Waals surface area contributed by atoms with Gasteiger partial charge in [0.05, 0.1) is 11.1 Å². The second-order valence-electron chi connectivity index (χ2n) is 5.61. The summed E-state index contributed by atoms with van der Waals surface area (Å²) in [5.74, 6) is 0.298. The van der Waals surface area contributed by atoms with Crippen molar-refractivity contribution in [2.24, 2.45) is 11.1 Å². The Kier molecular flexibility index (Phi) is 6.41. The van der Waals surface area contributed by atoms with E-state index in [1.54, 1.807) is 25.1 Å². The van der Waals surface area contributed by atoms with Gasteiger partial charge in [-0.15, -0.1) is 12.4 Å². The molecule has 7 heteroatoms. The average molecular weight is 342 g/mol. The van der Waals surface area contributed by atoms with Crippen molar-refractivity contribution in [3.63, 3.8) is 0 Å². The minimum Gasteiger partial charge on any atom is -0.479 e. The maximum Gasteiger partial charge on any atom is 0.265 e. The van der Waals surface area contributed by atoms with E-state index in [2.05, 4.69) is 10.6 Å². The van der Waals surface area contributed by atoms with E-state index in [0.29, 0.717) is 36.5 Å². The van der Waals surface area contributed by atoms with Gasteiger partial charge in [-0.25, -0.2) is 0 Å². The molecule has 0 spiro atoms. The number of amides is 2. The minimum atomic E-state index is -0.565. The molecule has 1 atom stereocenters. The first kappa shape index (κ1) is 19.3. The van der Waals surface area contributed by atoms with Crippen molar-refractivity contribution in [2.45, 2.75) is 39.7 Å². The van der Waals surface area contributed by atoms with Crippen molar-refractivity contribution in [3.05, 3.63) is 18.2 Å². The first-order valence-electron chi connectivity index (χ1n) is 7.59. The van der Waals surface area contributed by atoms with Crippen LogP contribution in [0.3, 0.4) is 0 Å². The van der Waals surface area contributed by atoms with Crippen LogP contribution in [-0.2, 0) is 9.59 Å². The molecule has 1 aromatic rings. The standard InChI is InChI=1S/C16H23N3O3.ClH/c1-4-16(5-2,9-17)15(21)18-11-6-7-13-12(8-11)19-14(20)10(3)22-13;/h6-8,10H,4-5,9,17H2,1-3H3,(H,18,21)(H,19,20);1H. The van der Waals surface area contributed by atoms with Crippen LogP contribution < -0.4 is 21.1 Å². The Hall–Kier alpha value is -1.79. The van der Waals surface area contributed by atoms with Crippen LogP contribution in [0.1, 0.15) is 33.6 Å². The fourth-order valence-corrected chi connectivity index (χ4v) is 2.50. The van der Waals surface area contributed by atoms with Gasteiger partial charge in [-0.1, -0.05) is 13.8 Å². The minimum absolute atomic E-state index is 0. The predicted octanol–water partition coefficient (Wildman–Crippen LogP) is 2.53. The van der Waals surface area contributed by atoms with E-state index < -0.39 is 11.5 Å². The Labute approximate surface area is 142 Å². The first-order valence-corrected chi connectivity index (χ1v) is 7.59. The van der Waals surface area contributed by atoms with Crippen molar-refractivity contribution in [1.29, 1.82) is 0 Å². The van der Waals surface area contributed by atoms with Crippen molar-refractivity contribution in [1.82, 2.24) is 0 Å². The van der Waals surface area contributed by atoms with E-state index in [1.165, 1.54) is 0 Å². The van der Waals surface area contributed by atoms with E-state index in [4.69, 9.17) is 10.5 Å². The number of nitrogens with one attached hydrogen (secondary N) is 2. The van der Waals surface area contributed by atoms with Gasteiger partial charge in [0.2, 0.25) is 5.91 Å². The molecule has 0 aromatic heterocycles. The van der Waals surface area contributed by atoms with Gasteiger partial charge >= 0.3 is 0 Å². The summed E-state index contributed by atoms with van der Waals surface area (Å²) >= 11 is 0. The van der Waals surface area contributed by atoms with Gasteiger partial charge in [0.15, 0.2) is 6.10 Å². The zero-order chi connectivity index (χ0) is 16.3. The molecule has 1 aliphatic rings. The molecule has 1 unspecified atom stereocenters. The highest BCUT2D eigenvalue weighted by Gasteiger charge is 2.33. The molecule has 1 aliphatic heterocycles. The predicted molar refractivity (Wildman–Crippen MR) is 93.1 cm³/mol. The quantitative estimate of drug-likeness (QED) is 0.767. The molecular weight excluding hydrogens is 318 g/mol. The average Bonchev–Trinajstić information content (AvgIpc) is 2.51. The van der Waals surface area contributed by atoms with Gasteiger partial charge in [0.1, 0.15) is 5.75 Å². The summed E-state index contributed by atoms with van der Waals surface area (Å²) in [7, 11) is 0. The first-order chi connectivity index (χ1) is 10.5. The number of fused-ring (bicyclic) bond motifs is 1. The Balaban J connectivity index is 0.00000264. The van der Waals surface area contributed by atoms with E-state index in [1.807, 2.05) is 13.8 Å². The third kappa shape index (κ3) is 3.76. The monoisotopic (exact) mass is 341 g/mol. The van der Waals surface area contributed by atoms with Gasteiger partial charge in [-0.3, -0.25) is 9.59 Å². The summed E-state index contributed by atoms with van der Waals surface area (Å²) in [4.78, 5) is 24.2. The number of hydrogen-bond donors (Lipinski definition) is 3. The van der Waals surface area contributed by atoms with Crippen molar-refractivity contribution in [2.75, 3.05) is 17.2 Å². The maximum absolute atomic E-state index is 12.5. The van der Waals surface area contributed by atoms with Crippen LogP contribution >= 0.6 is 12.4 Å². The SMILES string of the molecule is CCC(CC)(CN)C(=O)Nc1ccc2c(c1)NC(=O)C(C)O2.Cl. The third-order valence-corrected chi connectivity index (χ3v) is 4.39. The zero-order valence-corrected chi connectivity index (χ0v) is 14.5. The van der Waals surface area contributed by atoms with Gasteiger partial charge in [0, 0.05) is 12.2 Å². The van der Waals surface area contributed by atoms with Gasteiger partial charge < -0.3 is 21.1 Å². The summed E-state index contributed by atoms with van der Waals surface area (Å²) in [5.41, 5.74) is 6.40. The Morgan fingerprint density at radius 1 is 1.39 bits per heavy atom. The molecule has 1 aromatic carbocycles. The molecule has 2 amide bonds. The lowest BCUT2D eigenvalue weighted by Gasteiger charge is -2.29. The number of carbonyl (C=O) groups excluding carboxylic acids is 2. The van der Waals surface area contributed by atoms with E-state index >= 15 is 0 Å². The maximum atomic E-state index is 12.5. The molecule has 0 saturated carbocycles. The van der Waals surface area contributed by atoms with Crippen LogP contribution in [0.25, 0.3) is 0 Å².